The number of H-pyrrole nitrogens is 1. The molecule has 0 radical (unpaired) electrons. The summed E-state index contributed by atoms with van der Waals surface area (Å²) in [6, 6.07) is 17.2. The number of ether oxygens (including phenoxy) is 2. The van der Waals surface area contributed by atoms with Gasteiger partial charge in [-0.15, -0.1) is 0 Å². The summed E-state index contributed by atoms with van der Waals surface area (Å²) in [5.41, 5.74) is 3.11. The van der Waals surface area contributed by atoms with Crippen LogP contribution in [0.25, 0.3) is 10.8 Å². The Morgan fingerprint density at radius 3 is 2.38 bits per heavy atom. The molecule has 0 aliphatic heterocycles. The minimum atomic E-state index is -1.27. The van der Waals surface area contributed by atoms with Crippen molar-refractivity contribution in [3.05, 3.63) is 98.4 Å². The maximum absolute atomic E-state index is 13.3. The fourth-order valence-electron chi connectivity index (χ4n) is 3.63. The largest absolute Gasteiger partial charge is 0.496 e. The van der Waals surface area contributed by atoms with Crippen LogP contribution in [0.1, 0.15) is 27.7 Å². The highest BCUT2D eigenvalue weighted by atomic mass is 79.9. The zero-order valence-corrected chi connectivity index (χ0v) is 21.4. The summed E-state index contributed by atoms with van der Waals surface area (Å²) < 4.78 is 11.3. The third kappa shape index (κ3) is 5.67. The Bertz CT molecular complexity index is 1540. The highest BCUT2D eigenvalue weighted by Crippen LogP contribution is 2.32. The van der Waals surface area contributed by atoms with Crippen LogP contribution in [0, 0.1) is 0 Å². The second-order valence-electron chi connectivity index (χ2n) is 7.72. The third-order valence-electron chi connectivity index (χ3n) is 5.46. The first-order valence-corrected chi connectivity index (χ1v) is 11.8. The molecule has 2 amide bonds. The molecule has 0 saturated carbocycles. The topological polar surface area (TPSA) is 135 Å². The third-order valence-corrected chi connectivity index (χ3v) is 6.07. The lowest BCUT2D eigenvalue weighted by Gasteiger charge is -2.18. The van der Waals surface area contributed by atoms with E-state index in [0.717, 1.165) is 0 Å². The number of amides is 2. The average Bonchev–Trinajstić information content (AvgIpc) is 2.93. The van der Waals surface area contributed by atoms with Gasteiger partial charge in [0.15, 0.2) is 6.04 Å². The lowest BCUT2D eigenvalue weighted by Crippen LogP contribution is -2.40. The van der Waals surface area contributed by atoms with Crippen molar-refractivity contribution in [2.75, 3.05) is 14.2 Å². The summed E-state index contributed by atoms with van der Waals surface area (Å²) in [5.74, 6) is -0.127. The van der Waals surface area contributed by atoms with Crippen LogP contribution in [-0.2, 0) is 4.79 Å². The number of nitrogens with zero attached hydrogens (tertiary/aromatic N) is 2. The Morgan fingerprint density at radius 2 is 1.68 bits per heavy atom. The summed E-state index contributed by atoms with van der Waals surface area (Å²) in [6.07, 6.45) is 1.40. The van der Waals surface area contributed by atoms with E-state index in [0.29, 0.717) is 37.9 Å². The van der Waals surface area contributed by atoms with Crippen molar-refractivity contribution < 1.29 is 19.1 Å². The van der Waals surface area contributed by atoms with Gasteiger partial charge in [-0.1, -0.05) is 36.4 Å². The molecule has 11 heteroatoms. The van der Waals surface area contributed by atoms with E-state index >= 15 is 0 Å². The average molecular weight is 564 g/mol. The number of hydrogen-bond acceptors (Lipinski definition) is 7. The number of aromatic nitrogens is 2. The lowest BCUT2D eigenvalue weighted by molar-refractivity contribution is -0.123. The highest BCUT2D eigenvalue weighted by Gasteiger charge is 2.27. The first-order chi connectivity index (χ1) is 17.9. The van der Waals surface area contributed by atoms with Crippen molar-refractivity contribution in [3.8, 4) is 11.5 Å². The van der Waals surface area contributed by atoms with E-state index < -0.39 is 23.4 Å². The van der Waals surface area contributed by atoms with Crippen LogP contribution in [0.3, 0.4) is 0 Å². The summed E-state index contributed by atoms with van der Waals surface area (Å²) in [5, 5.41) is 14.0. The molecule has 37 heavy (non-hydrogen) atoms. The van der Waals surface area contributed by atoms with Gasteiger partial charge in [-0.05, 0) is 40.2 Å². The number of halogens is 1. The Hall–Kier alpha value is -4.51. The summed E-state index contributed by atoms with van der Waals surface area (Å²) in [4.78, 5) is 38.5. The van der Waals surface area contributed by atoms with E-state index in [9.17, 15) is 14.4 Å². The van der Waals surface area contributed by atoms with Gasteiger partial charge in [-0.25, -0.2) is 10.5 Å². The number of benzene rings is 3. The van der Waals surface area contributed by atoms with Crippen LogP contribution in [0.15, 0.2) is 81.1 Å². The van der Waals surface area contributed by atoms with Crippen molar-refractivity contribution >= 4 is 44.7 Å². The first kappa shape index (κ1) is 25.6. The number of rotatable bonds is 8. The molecule has 3 aromatic carbocycles. The van der Waals surface area contributed by atoms with E-state index in [1.54, 1.807) is 66.7 Å². The summed E-state index contributed by atoms with van der Waals surface area (Å²) >= 11 is 3.41. The van der Waals surface area contributed by atoms with Gasteiger partial charge in [0.1, 0.15) is 17.2 Å². The van der Waals surface area contributed by atoms with Crippen LogP contribution >= 0.6 is 15.9 Å². The van der Waals surface area contributed by atoms with E-state index in [4.69, 9.17) is 9.47 Å². The molecule has 0 saturated heterocycles. The van der Waals surface area contributed by atoms with E-state index in [1.807, 2.05) is 0 Å². The van der Waals surface area contributed by atoms with Gasteiger partial charge in [0.05, 0.1) is 30.3 Å². The maximum atomic E-state index is 13.3. The molecule has 4 aromatic rings. The Balaban J connectivity index is 1.67. The fraction of sp³-hybridized carbons (Fsp3) is 0.115. The minimum absolute atomic E-state index is 0.164. The molecule has 4 rings (SSSR count). The van der Waals surface area contributed by atoms with Crippen molar-refractivity contribution in [1.82, 2.24) is 20.9 Å². The van der Waals surface area contributed by atoms with E-state index in [2.05, 4.69) is 42.0 Å². The van der Waals surface area contributed by atoms with Crippen molar-refractivity contribution in [1.29, 1.82) is 0 Å². The van der Waals surface area contributed by atoms with Crippen LogP contribution in [-0.4, -0.2) is 42.4 Å². The number of fused-ring (bicyclic) bond motifs is 1. The Morgan fingerprint density at radius 1 is 1.00 bits per heavy atom. The molecule has 1 atom stereocenters. The standard InChI is InChI=1S/C26H22BrN5O5/c1-36-20-13-21(37-2)19(27)12-16(20)14-28-31-26(35)23(29-24(33)15-8-4-3-5-9-15)22-17-10-6-7-11-18(17)25(34)32-30-22/h3-14,23H,1-2H3,(H,29,33)(H,31,35)(H,32,34). The van der Waals surface area contributed by atoms with Crippen LogP contribution in [0.5, 0.6) is 11.5 Å². The smallest absolute Gasteiger partial charge is 0.272 e. The normalized spacial score (nSPS) is 11.8. The second kappa shape index (κ2) is 11.5. The van der Waals surface area contributed by atoms with Crippen LogP contribution in [0.2, 0.25) is 0 Å². The zero-order chi connectivity index (χ0) is 26.4. The van der Waals surface area contributed by atoms with Gasteiger partial charge >= 0.3 is 0 Å². The predicted octanol–water partition coefficient (Wildman–Crippen LogP) is 3.32. The Kier molecular flexibility index (Phi) is 7.94. The molecule has 10 nitrogen and oxygen atoms in total. The Labute approximate surface area is 219 Å². The maximum Gasteiger partial charge on any atom is 0.272 e. The monoisotopic (exact) mass is 563 g/mol. The van der Waals surface area contributed by atoms with Gasteiger partial charge in [0, 0.05) is 22.6 Å². The summed E-state index contributed by atoms with van der Waals surface area (Å²) in [6.45, 7) is 0. The van der Waals surface area contributed by atoms with Crippen LogP contribution in [0.4, 0.5) is 0 Å². The minimum Gasteiger partial charge on any atom is -0.496 e. The second-order valence-corrected chi connectivity index (χ2v) is 8.57. The molecule has 0 bridgehead atoms. The number of carbonyl (C=O) groups excluding carboxylic acids is 2. The molecule has 188 valence electrons. The molecule has 1 aromatic heterocycles. The SMILES string of the molecule is COc1cc(OC)c(C=NNC(=O)C(NC(=O)c2ccccc2)c2n[nH]c(=O)c3ccccc23)cc1Br. The van der Waals surface area contributed by atoms with Gasteiger partial charge in [-0.2, -0.15) is 10.2 Å². The number of hydrogen-bond donors (Lipinski definition) is 3. The molecule has 0 spiro atoms. The van der Waals surface area contributed by atoms with Crippen molar-refractivity contribution in [2.45, 2.75) is 6.04 Å². The molecule has 3 N–H and O–H groups in total. The molecular weight excluding hydrogens is 542 g/mol. The fourth-order valence-corrected chi connectivity index (χ4v) is 4.16. The number of carbonyl (C=O) groups is 2. The van der Waals surface area contributed by atoms with Gasteiger partial charge in [-0.3, -0.25) is 14.4 Å². The highest BCUT2D eigenvalue weighted by molar-refractivity contribution is 9.10. The zero-order valence-electron chi connectivity index (χ0n) is 19.8. The van der Waals surface area contributed by atoms with Crippen molar-refractivity contribution in [3.63, 3.8) is 0 Å². The van der Waals surface area contributed by atoms with Gasteiger partial charge in [0.2, 0.25) is 0 Å². The number of nitrogens with one attached hydrogen (secondary N) is 3. The van der Waals surface area contributed by atoms with Crippen molar-refractivity contribution in [2.24, 2.45) is 5.10 Å². The molecule has 0 aliphatic carbocycles. The van der Waals surface area contributed by atoms with Gasteiger partial charge in [0.25, 0.3) is 17.4 Å². The molecule has 0 aliphatic rings. The summed E-state index contributed by atoms with van der Waals surface area (Å²) in [7, 11) is 3.03. The molecule has 0 fully saturated rings. The van der Waals surface area contributed by atoms with Crippen LogP contribution < -0.4 is 25.8 Å². The number of methoxy groups -OCH3 is 2. The first-order valence-electron chi connectivity index (χ1n) is 11.0. The molecular formula is C26H22BrN5O5. The predicted molar refractivity (Wildman–Crippen MR) is 142 cm³/mol. The van der Waals surface area contributed by atoms with Gasteiger partial charge < -0.3 is 14.8 Å². The molecule has 1 heterocycles. The van der Waals surface area contributed by atoms with E-state index in [-0.39, 0.29) is 5.69 Å². The quantitative estimate of drug-likeness (QED) is 0.222. The lowest BCUT2D eigenvalue weighted by atomic mass is 10.0. The molecule has 1 unspecified atom stereocenters. The van der Waals surface area contributed by atoms with E-state index in [1.165, 1.54) is 20.4 Å². The number of hydrazone groups is 1. The number of aromatic amines is 1.